The molecule has 0 aliphatic carbocycles. The molecule has 1 heterocycles. The zero-order valence-electron chi connectivity index (χ0n) is 13.7. The van der Waals surface area contributed by atoms with Gasteiger partial charge in [-0.1, -0.05) is 20.8 Å². The Labute approximate surface area is 123 Å². The van der Waals surface area contributed by atoms with Crippen LogP contribution in [0.2, 0.25) is 0 Å². The van der Waals surface area contributed by atoms with Gasteiger partial charge in [0.1, 0.15) is 0 Å². The zero-order valence-corrected chi connectivity index (χ0v) is 14.5. The molecule has 1 rings (SSSR count). The van der Waals surface area contributed by atoms with Crippen molar-refractivity contribution in [3.05, 3.63) is 0 Å². The molecule has 1 aliphatic heterocycles. The van der Waals surface area contributed by atoms with Crippen LogP contribution in [0.3, 0.4) is 0 Å². The maximum atomic E-state index is 12.0. The Morgan fingerprint density at radius 2 is 1.95 bits per heavy atom. The first-order chi connectivity index (χ1) is 8.98. The van der Waals surface area contributed by atoms with Gasteiger partial charge in [-0.2, -0.15) is 0 Å². The molecular weight excluding hydrogens is 274 g/mol. The van der Waals surface area contributed by atoms with Gasteiger partial charge in [0.05, 0.1) is 10.5 Å². The predicted molar refractivity (Wildman–Crippen MR) is 84.9 cm³/mol. The molecule has 0 saturated carbocycles. The van der Waals surface area contributed by atoms with Crippen molar-refractivity contribution in [1.29, 1.82) is 0 Å². The minimum atomic E-state index is -3.00. The van der Waals surface area contributed by atoms with Gasteiger partial charge in [-0.05, 0) is 25.7 Å². The van der Waals surface area contributed by atoms with Crippen LogP contribution in [0.5, 0.6) is 0 Å². The summed E-state index contributed by atoms with van der Waals surface area (Å²) in [6.45, 7) is 12.0. The first-order valence-corrected chi connectivity index (χ1v) is 8.82. The second-order valence-corrected chi connectivity index (χ2v) is 10.0. The molecule has 0 aromatic carbocycles. The number of sulfone groups is 1. The third-order valence-electron chi connectivity index (χ3n) is 3.71. The highest BCUT2D eigenvalue weighted by molar-refractivity contribution is 7.92. The fourth-order valence-electron chi connectivity index (χ4n) is 2.21. The van der Waals surface area contributed by atoms with Crippen LogP contribution in [-0.2, 0) is 9.84 Å². The molecule has 0 aromatic rings. The molecule has 0 bridgehead atoms. The van der Waals surface area contributed by atoms with E-state index in [-0.39, 0.29) is 11.2 Å². The summed E-state index contributed by atoms with van der Waals surface area (Å²) in [6, 6.07) is 0. The average molecular weight is 303 g/mol. The van der Waals surface area contributed by atoms with Crippen LogP contribution in [0.1, 0.15) is 41.0 Å². The van der Waals surface area contributed by atoms with Crippen molar-refractivity contribution >= 4 is 15.8 Å². The van der Waals surface area contributed by atoms with E-state index in [1.54, 1.807) is 20.9 Å². The molecule has 1 fully saturated rings. The predicted octanol–water partition coefficient (Wildman–Crippen LogP) is 1.51. The second-order valence-electron chi connectivity index (χ2n) is 7.28. The Balaban J connectivity index is 2.65. The summed E-state index contributed by atoms with van der Waals surface area (Å²) in [7, 11) is -1.26. The van der Waals surface area contributed by atoms with E-state index in [2.05, 4.69) is 31.1 Å². The van der Waals surface area contributed by atoms with E-state index in [9.17, 15) is 8.42 Å². The van der Waals surface area contributed by atoms with Crippen molar-refractivity contribution < 1.29 is 8.42 Å². The summed E-state index contributed by atoms with van der Waals surface area (Å²) in [5.41, 5.74) is 0.274. The van der Waals surface area contributed by atoms with Gasteiger partial charge >= 0.3 is 0 Å². The molecule has 0 unspecified atom stereocenters. The van der Waals surface area contributed by atoms with Crippen LogP contribution in [0.4, 0.5) is 0 Å². The minimum Gasteiger partial charge on any atom is -0.356 e. The molecule has 0 radical (unpaired) electrons. The average Bonchev–Trinajstić information content (AvgIpc) is 2.27. The summed E-state index contributed by atoms with van der Waals surface area (Å²) in [5, 5.41) is 3.34. The summed E-state index contributed by atoms with van der Waals surface area (Å²) in [6.07, 6.45) is 1.04. The fourth-order valence-corrected chi connectivity index (χ4v) is 3.57. The molecule has 20 heavy (non-hydrogen) atoms. The lowest BCUT2D eigenvalue weighted by atomic mass is 9.92. The molecule has 0 spiro atoms. The first kappa shape index (κ1) is 17.3. The maximum absolute atomic E-state index is 12.0. The number of nitrogens with zero attached hydrogens (tertiary/aromatic N) is 2. The van der Waals surface area contributed by atoms with Crippen LogP contribution in [0, 0.1) is 5.41 Å². The lowest BCUT2D eigenvalue weighted by Crippen LogP contribution is -2.57. The van der Waals surface area contributed by atoms with Gasteiger partial charge in [-0.25, -0.2) is 8.42 Å². The van der Waals surface area contributed by atoms with Gasteiger partial charge in [-0.3, -0.25) is 4.99 Å². The van der Waals surface area contributed by atoms with E-state index in [4.69, 9.17) is 0 Å². The standard InChI is InChI=1S/C14H29N3O2S/c1-13(2,3)7-8-16-12(15-6)17-9-10-20(18,19)14(4,5)11-17/h7-11H2,1-6H3,(H,15,16). The number of nitrogens with one attached hydrogen (secondary N) is 1. The highest BCUT2D eigenvalue weighted by atomic mass is 32.2. The normalized spacial score (nSPS) is 22.7. The second kappa shape index (κ2) is 5.92. The molecule has 6 heteroatoms. The smallest absolute Gasteiger partial charge is 0.193 e. The Hall–Kier alpha value is -0.780. The molecule has 0 atom stereocenters. The van der Waals surface area contributed by atoms with E-state index in [0.717, 1.165) is 18.9 Å². The lowest BCUT2D eigenvalue weighted by Gasteiger charge is -2.39. The van der Waals surface area contributed by atoms with Crippen LogP contribution in [0.25, 0.3) is 0 Å². The fraction of sp³-hybridized carbons (Fsp3) is 0.929. The minimum absolute atomic E-state index is 0.194. The molecule has 1 aliphatic rings. The number of aliphatic imine (C=N–C) groups is 1. The topological polar surface area (TPSA) is 61.8 Å². The van der Waals surface area contributed by atoms with E-state index in [0.29, 0.717) is 13.1 Å². The van der Waals surface area contributed by atoms with Crippen LogP contribution in [0.15, 0.2) is 4.99 Å². The van der Waals surface area contributed by atoms with E-state index < -0.39 is 14.6 Å². The van der Waals surface area contributed by atoms with Crippen molar-refractivity contribution in [3.8, 4) is 0 Å². The van der Waals surface area contributed by atoms with Gasteiger partial charge in [0.15, 0.2) is 15.8 Å². The Morgan fingerprint density at radius 1 is 1.35 bits per heavy atom. The zero-order chi connectivity index (χ0) is 15.6. The van der Waals surface area contributed by atoms with E-state index in [1.807, 2.05) is 4.90 Å². The maximum Gasteiger partial charge on any atom is 0.193 e. The van der Waals surface area contributed by atoms with Crippen LogP contribution >= 0.6 is 0 Å². The van der Waals surface area contributed by atoms with E-state index in [1.165, 1.54) is 0 Å². The van der Waals surface area contributed by atoms with Crippen LogP contribution < -0.4 is 5.32 Å². The van der Waals surface area contributed by atoms with Gasteiger partial charge in [0, 0.05) is 26.7 Å². The number of hydrogen-bond donors (Lipinski definition) is 1. The summed E-state index contributed by atoms with van der Waals surface area (Å²) in [4.78, 5) is 6.33. The van der Waals surface area contributed by atoms with Gasteiger partial charge < -0.3 is 10.2 Å². The Bertz CT molecular complexity index is 461. The largest absolute Gasteiger partial charge is 0.356 e. The van der Waals surface area contributed by atoms with Crippen molar-refractivity contribution in [2.24, 2.45) is 10.4 Å². The first-order valence-electron chi connectivity index (χ1n) is 7.16. The summed E-state index contributed by atoms with van der Waals surface area (Å²) < 4.78 is 23.3. The third kappa shape index (κ3) is 4.36. The van der Waals surface area contributed by atoms with Crippen LogP contribution in [-0.4, -0.2) is 56.5 Å². The molecule has 0 amide bonds. The van der Waals surface area contributed by atoms with Crippen molar-refractivity contribution in [2.75, 3.05) is 32.4 Å². The lowest BCUT2D eigenvalue weighted by molar-refractivity contribution is 0.343. The molecule has 1 saturated heterocycles. The Kier molecular flexibility index (Phi) is 5.11. The van der Waals surface area contributed by atoms with Gasteiger partial charge in [0.25, 0.3) is 0 Å². The molecule has 118 valence electrons. The van der Waals surface area contributed by atoms with E-state index >= 15 is 0 Å². The summed E-state index contributed by atoms with van der Waals surface area (Å²) in [5.74, 6) is 0.997. The molecule has 5 nitrogen and oxygen atoms in total. The number of guanidine groups is 1. The molecule has 1 N–H and O–H groups in total. The van der Waals surface area contributed by atoms with Gasteiger partial charge in [-0.15, -0.1) is 0 Å². The number of rotatable bonds is 2. The Morgan fingerprint density at radius 3 is 2.40 bits per heavy atom. The monoisotopic (exact) mass is 303 g/mol. The van der Waals surface area contributed by atoms with Crippen molar-refractivity contribution in [3.63, 3.8) is 0 Å². The molecular formula is C14H29N3O2S. The van der Waals surface area contributed by atoms with Gasteiger partial charge in [0.2, 0.25) is 0 Å². The highest BCUT2D eigenvalue weighted by Gasteiger charge is 2.40. The summed E-state index contributed by atoms with van der Waals surface area (Å²) >= 11 is 0. The SMILES string of the molecule is CN=C(NCCC(C)(C)C)N1CCS(=O)(=O)C(C)(C)C1. The number of hydrogen-bond acceptors (Lipinski definition) is 3. The van der Waals surface area contributed by atoms with Crippen molar-refractivity contribution in [2.45, 2.75) is 45.8 Å². The highest BCUT2D eigenvalue weighted by Crippen LogP contribution is 2.23. The van der Waals surface area contributed by atoms with Crippen molar-refractivity contribution in [1.82, 2.24) is 10.2 Å². The molecule has 0 aromatic heterocycles. The third-order valence-corrected chi connectivity index (χ3v) is 6.25. The quantitative estimate of drug-likeness (QED) is 0.620.